The van der Waals surface area contributed by atoms with E-state index in [9.17, 15) is 9.59 Å². The van der Waals surface area contributed by atoms with Gasteiger partial charge in [0.25, 0.3) is 5.56 Å². The zero-order valence-electron chi connectivity index (χ0n) is 11.5. The van der Waals surface area contributed by atoms with Crippen LogP contribution in [0.4, 0.5) is 0 Å². The summed E-state index contributed by atoms with van der Waals surface area (Å²) in [5.74, 6) is 0. The molecule has 1 aromatic carbocycles. The Balaban J connectivity index is 2.67. The van der Waals surface area contributed by atoms with E-state index in [0.29, 0.717) is 10.6 Å². The van der Waals surface area contributed by atoms with Crippen molar-refractivity contribution in [3.05, 3.63) is 55.3 Å². The van der Waals surface area contributed by atoms with Crippen molar-refractivity contribution in [1.29, 1.82) is 0 Å². The molecular formula is C14H14Cl2N2O3. The Bertz CT molecular complexity index is 750. The number of hydrogen-bond acceptors (Lipinski definition) is 3. The van der Waals surface area contributed by atoms with Gasteiger partial charge < -0.3 is 4.74 Å². The molecule has 21 heavy (non-hydrogen) atoms. The number of nitrogens with one attached hydrogen (secondary N) is 1. The van der Waals surface area contributed by atoms with Gasteiger partial charge in [0.05, 0.1) is 18.2 Å². The lowest BCUT2D eigenvalue weighted by Gasteiger charge is -2.15. The monoisotopic (exact) mass is 328 g/mol. The molecule has 2 aromatic rings. The van der Waals surface area contributed by atoms with Gasteiger partial charge in [-0.3, -0.25) is 14.3 Å². The number of aromatic amines is 1. The maximum absolute atomic E-state index is 12.6. The van der Waals surface area contributed by atoms with E-state index in [0.717, 1.165) is 4.57 Å². The maximum atomic E-state index is 12.6. The highest BCUT2D eigenvalue weighted by atomic mass is 35.5. The van der Waals surface area contributed by atoms with Crippen LogP contribution in [0.5, 0.6) is 0 Å². The lowest BCUT2D eigenvalue weighted by Crippen LogP contribution is -2.39. The molecule has 112 valence electrons. The highest BCUT2D eigenvalue weighted by Gasteiger charge is 2.18. The summed E-state index contributed by atoms with van der Waals surface area (Å²) in [6.45, 7) is 1.96. The normalized spacial score (nSPS) is 12.4. The van der Waals surface area contributed by atoms with Gasteiger partial charge in [-0.25, -0.2) is 4.79 Å². The zero-order valence-corrected chi connectivity index (χ0v) is 13.0. The molecule has 1 atom stereocenters. The SMILES string of the molecule is COCC(C)n1c(=O)[nH]c(Cl)c(-c2ccc(Cl)cc2)c1=O. The molecule has 5 nitrogen and oxygen atoms in total. The Morgan fingerprint density at radius 1 is 1.24 bits per heavy atom. The quantitative estimate of drug-likeness (QED) is 0.877. The van der Waals surface area contributed by atoms with Gasteiger partial charge in [0, 0.05) is 12.1 Å². The van der Waals surface area contributed by atoms with E-state index < -0.39 is 17.3 Å². The van der Waals surface area contributed by atoms with Crippen LogP contribution in [0.15, 0.2) is 33.9 Å². The predicted octanol–water partition coefficient (Wildman–Crippen LogP) is 2.72. The van der Waals surface area contributed by atoms with E-state index in [2.05, 4.69) is 4.98 Å². The zero-order chi connectivity index (χ0) is 15.6. The van der Waals surface area contributed by atoms with E-state index >= 15 is 0 Å². The molecule has 0 saturated heterocycles. The third-order valence-corrected chi connectivity index (χ3v) is 3.60. The van der Waals surface area contributed by atoms with Crippen molar-refractivity contribution < 1.29 is 4.74 Å². The number of methoxy groups -OCH3 is 1. The van der Waals surface area contributed by atoms with E-state index in [1.165, 1.54) is 7.11 Å². The van der Waals surface area contributed by atoms with Crippen molar-refractivity contribution in [1.82, 2.24) is 9.55 Å². The van der Waals surface area contributed by atoms with Crippen LogP contribution in [-0.4, -0.2) is 23.3 Å². The summed E-state index contributed by atoms with van der Waals surface area (Å²) < 4.78 is 6.09. The second-order valence-electron chi connectivity index (χ2n) is 4.61. The number of nitrogens with zero attached hydrogens (tertiary/aromatic N) is 1. The summed E-state index contributed by atoms with van der Waals surface area (Å²) in [4.78, 5) is 27.0. The van der Waals surface area contributed by atoms with E-state index in [4.69, 9.17) is 27.9 Å². The van der Waals surface area contributed by atoms with Gasteiger partial charge in [-0.2, -0.15) is 0 Å². The van der Waals surface area contributed by atoms with Crippen molar-refractivity contribution in [3.63, 3.8) is 0 Å². The van der Waals surface area contributed by atoms with E-state index in [-0.39, 0.29) is 17.3 Å². The summed E-state index contributed by atoms with van der Waals surface area (Å²) in [5, 5.41) is 0.556. The fourth-order valence-electron chi connectivity index (χ4n) is 2.11. The molecule has 0 radical (unpaired) electrons. The highest BCUT2D eigenvalue weighted by molar-refractivity contribution is 6.32. The maximum Gasteiger partial charge on any atom is 0.329 e. The van der Waals surface area contributed by atoms with Crippen molar-refractivity contribution in [3.8, 4) is 11.1 Å². The van der Waals surface area contributed by atoms with Crippen molar-refractivity contribution in [2.24, 2.45) is 0 Å². The topological polar surface area (TPSA) is 64.1 Å². The Hall–Kier alpha value is -1.56. The molecule has 0 aliphatic heterocycles. The first-order chi connectivity index (χ1) is 9.95. The van der Waals surface area contributed by atoms with Crippen LogP contribution >= 0.6 is 23.2 Å². The van der Waals surface area contributed by atoms with Crippen LogP contribution in [0, 0.1) is 0 Å². The average molecular weight is 329 g/mol. The first-order valence-electron chi connectivity index (χ1n) is 6.25. The number of halogens is 2. The van der Waals surface area contributed by atoms with Crippen molar-refractivity contribution in [2.75, 3.05) is 13.7 Å². The molecule has 1 aromatic heterocycles. The smallest absolute Gasteiger partial charge is 0.329 e. The van der Waals surface area contributed by atoms with Gasteiger partial charge in [-0.05, 0) is 24.6 Å². The minimum Gasteiger partial charge on any atom is -0.383 e. The van der Waals surface area contributed by atoms with Gasteiger partial charge in [0.2, 0.25) is 0 Å². The summed E-state index contributed by atoms with van der Waals surface area (Å²) in [6.07, 6.45) is 0. The molecule has 1 unspecified atom stereocenters. The third kappa shape index (κ3) is 3.20. The van der Waals surface area contributed by atoms with Crippen LogP contribution in [0.2, 0.25) is 10.2 Å². The minimum atomic E-state index is -0.563. The fraction of sp³-hybridized carbons (Fsp3) is 0.286. The van der Waals surface area contributed by atoms with Gasteiger partial charge >= 0.3 is 5.69 Å². The van der Waals surface area contributed by atoms with E-state index in [1.807, 2.05) is 0 Å². The number of aromatic nitrogens is 2. The standard InChI is InChI=1S/C14H14Cl2N2O3/c1-8(7-21-2)18-13(19)11(12(16)17-14(18)20)9-3-5-10(15)6-4-9/h3-6,8H,7H2,1-2H3,(H,17,20). The largest absolute Gasteiger partial charge is 0.383 e. The number of rotatable bonds is 4. The molecule has 0 aliphatic rings. The molecule has 0 amide bonds. The molecule has 0 fully saturated rings. The van der Waals surface area contributed by atoms with Crippen molar-refractivity contribution in [2.45, 2.75) is 13.0 Å². The average Bonchev–Trinajstić information content (AvgIpc) is 2.40. The van der Waals surface area contributed by atoms with Crippen LogP contribution in [0.3, 0.4) is 0 Å². The van der Waals surface area contributed by atoms with Crippen LogP contribution < -0.4 is 11.2 Å². The predicted molar refractivity (Wildman–Crippen MR) is 83.4 cm³/mol. The Labute approximate surface area is 131 Å². The molecule has 0 bridgehead atoms. The fourth-order valence-corrected chi connectivity index (χ4v) is 2.50. The summed E-state index contributed by atoms with van der Waals surface area (Å²) in [5.41, 5.74) is -0.206. The molecule has 0 aliphatic carbocycles. The summed E-state index contributed by atoms with van der Waals surface area (Å²) >= 11 is 11.9. The third-order valence-electron chi connectivity index (χ3n) is 3.07. The second-order valence-corrected chi connectivity index (χ2v) is 5.42. The Morgan fingerprint density at radius 2 is 1.86 bits per heavy atom. The van der Waals surface area contributed by atoms with Crippen LogP contribution in [0.25, 0.3) is 11.1 Å². The Kier molecular flexibility index (Phi) is 4.88. The van der Waals surface area contributed by atoms with Gasteiger partial charge in [0.1, 0.15) is 5.15 Å². The first-order valence-corrected chi connectivity index (χ1v) is 7.00. The molecule has 2 rings (SSSR count). The van der Waals surface area contributed by atoms with Crippen molar-refractivity contribution >= 4 is 23.2 Å². The number of ether oxygens (including phenoxy) is 1. The number of benzene rings is 1. The Morgan fingerprint density at radius 3 is 2.43 bits per heavy atom. The highest BCUT2D eigenvalue weighted by Crippen LogP contribution is 2.23. The van der Waals surface area contributed by atoms with Gasteiger partial charge in [0.15, 0.2) is 0 Å². The van der Waals surface area contributed by atoms with Gasteiger partial charge in [-0.15, -0.1) is 0 Å². The summed E-state index contributed by atoms with van der Waals surface area (Å²) in [6, 6.07) is 6.25. The summed E-state index contributed by atoms with van der Waals surface area (Å²) in [7, 11) is 1.51. The lowest BCUT2D eigenvalue weighted by molar-refractivity contribution is 0.159. The molecule has 7 heteroatoms. The first kappa shape index (κ1) is 15.8. The van der Waals surface area contributed by atoms with Crippen LogP contribution in [-0.2, 0) is 4.74 Å². The van der Waals surface area contributed by atoms with Crippen LogP contribution in [0.1, 0.15) is 13.0 Å². The molecule has 0 saturated carbocycles. The molecule has 1 heterocycles. The number of hydrogen-bond donors (Lipinski definition) is 1. The molecule has 0 spiro atoms. The molecular weight excluding hydrogens is 315 g/mol. The van der Waals surface area contributed by atoms with E-state index in [1.54, 1.807) is 31.2 Å². The number of H-pyrrole nitrogens is 1. The van der Waals surface area contributed by atoms with Gasteiger partial charge in [-0.1, -0.05) is 35.3 Å². The molecule has 1 N–H and O–H groups in total. The second kappa shape index (κ2) is 6.47. The minimum absolute atomic E-state index is 0.00758. The lowest BCUT2D eigenvalue weighted by atomic mass is 10.1.